The molecule has 1 saturated heterocycles. The maximum Gasteiger partial charge on any atom is 0.332 e. The zero-order valence-electron chi connectivity index (χ0n) is 14.2. The van der Waals surface area contributed by atoms with Crippen molar-refractivity contribution < 1.29 is 0 Å². The third-order valence-electron chi connectivity index (χ3n) is 4.65. The van der Waals surface area contributed by atoms with E-state index in [0.29, 0.717) is 17.7 Å². The SMILES string of the molecule is Cn1c(=O)c2c(nc(N3CCNCC3)n2Cc2ccsc2)n(C)c1=O. The van der Waals surface area contributed by atoms with Crippen LogP contribution in [0, 0.1) is 0 Å². The Hall–Kier alpha value is -2.39. The summed E-state index contributed by atoms with van der Waals surface area (Å²) in [6, 6.07) is 2.05. The van der Waals surface area contributed by atoms with E-state index in [2.05, 4.69) is 15.6 Å². The molecule has 0 bridgehead atoms. The molecule has 8 nitrogen and oxygen atoms in total. The van der Waals surface area contributed by atoms with Crippen LogP contribution in [-0.4, -0.2) is 44.9 Å². The highest BCUT2D eigenvalue weighted by Crippen LogP contribution is 2.22. The first kappa shape index (κ1) is 16.1. The fourth-order valence-corrected chi connectivity index (χ4v) is 3.92. The molecule has 3 aromatic rings. The van der Waals surface area contributed by atoms with Crippen LogP contribution >= 0.6 is 11.3 Å². The van der Waals surface area contributed by atoms with Gasteiger partial charge in [-0.05, 0) is 22.4 Å². The first-order chi connectivity index (χ1) is 12.1. The molecule has 1 N–H and O–H groups in total. The molecule has 0 saturated carbocycles. The summed E-state index contributed by atoms with van der Waals surface area (Å²) < 4.78 is 4.55. The summed E-state index contributed by atoms with van der Waals surface area (Å²) >= 11 is 1.63. The Kier molecular flexibility index (Phi) is 3.97. The molecule has 0 aromatic carbocycles. The average molecular weight is 360 g/mol. The number of aromatic nitrogens is 4. The molecule has 9 heteroatoms. The van der Waals surface area contributed by atoms with Crippen molar-refractivity contribution >= 4 is 28.4 Å². The Morgan fingerprint density at radius 2 is 1.96 bits per heavy atom. The summed E-state index contributed by atoms with van der Waals surface area (Å²) in [6.07, 6.45) is 0. The molecule has 25 heavy (non-hydrogen) atoms. The van der Waals surface area contributed by atoms with Gasteiger partial charge in [0.2, 0.25) is 5.95 Å². The van der Waals surface area contributed by atoms with Gasteiger partial charge in [0.25, 0.3) is 5.56 Å². The Balaban J connectivity index is 1.99. The predicted octanol–water partition coefficient (Wildman–Crippen LogP) is -0.0469. The maximum atomic E-state index is 12.8. The van der Waals surface area contributed by atoms with E-state index in [1.807, 2.05) is 16.0 Å². The summed E-state index contributed by atoms with van der Waals surface area (Å²) in [5, 5.41) is 7.42. The van der Waals surface area contributed by atoms with E-state index in [9.17, 15) is 9.59 Å². The van der Waals surface area contributed by atoms with Gasteiger partial charge in [0.1, 0.15) is 0 Å². The lowest BCUT2D eigenvalue weighted by Crippen LogP contribution is -2.44. The summed E-state index contributed by atoms with van der Waals surface area (Å²) in [7, 11) is 3.17. The van der Waals surface area contributed by atoms with Crippen LogP contribution in [0.1, 0.15) is 5.56 Å². The van der Waals surface area contributed by atoms with Crippen molar-refractivity contribution in [1.29, 1.82) is 0 Å². The molecular formula is C16H20N6O2S. The number of hydrogen-bond donors (Lipinski definition) is 1. The fraction of sp³-hybridized carbons (Fsp3) is 0.438. The normalized spacial score (nSPS) is 15.2. The molecule has 0 atom stereocenters. The van der Waals surface area contributed by atoms with Crippen LogP contribution in [0.15, 0.2) is 26.4 Å². The van der Waals surface area contributed by atoms with E-state index in [4.69, 9.17) is 4.98 Å². The molecule has 132 valence electrons. The van der Waals surface area contributed by atoms with E-state index < -0.39 is 0 Å². The topological polar surface area (TPSA) is 77.1 Å². The third-order valence-corrected chi connectivity index (χ3v) is 5.38. The minimum atomic E-state index is -0.357. The highest BCUT2D eigenvalue weighted by atomic mass is 32.1. The number of piperazine rings is 1. The first-order valence-corrected chi connectivity index (χ1v) is 9.15. The molecule has 3 aromatic heterocycles. The van der Waals surface area contributed by atoms with E-state index in [0.717, 1.165) is 42.3 Å². The lowest BCUT2D eigenvalue weighted by atomic mass is 10.3. The Morgan fingerprint density at radius 1 is 1.20 bits per heavy atom. The number of hydrogen-bond acceptors (Lipinski definition) is 6. The summed E-state index contributed by atoms with van der Waals surface area (Å²) in [6.45, 7) is 3.95. The third kappa shape index (κ3) is 2.59. The quantitative estimate of drug-likeness (QED) is 0.709. The highest BCUT2D eigenvalue weighted by Gasteiger charge is 2.23. The number of fused-ring (bicyclic) bond motifs is 1. The van der Waals surface area contributed by atoms with Gasteiger partial charge < -0.3 is 10.2 Å². The smallest absolute Gasteiger partial charge is 0.332 e. The zero-order chi connectivity index (χ0) is 17.6. The predicted molar refractivity (Wildman–Crippen MR) is 98.7 cm³/mol. The van der Waals surface area contributed by atoms with Crippen LogP contribution in [0.2, 0.25) is 0 Å². The van der Waals surface area contributed by atoms with E-state index in [1.165, 1.54) is 11.6 Å². The number of nitrogens with zero attached hydrogens (tertiary/aromatic N) is 5. The molecule has 4 rings (SSSR count). The van der Waals surface area contributed by atoms with Crippen LogP contribution in [0.3, 0.4) is 0 Å². The van der Waals surface area contributed by atoms with Crippen molar-refractivity contribution in [2.24, 2.45) is 14.1 Å². The van der Waals surface area contributed by atoms with Gasteiger partial charge in [-0.15, -0.1) is 0 Å². The van der Waals surface area contributed by atoms with E-state index in [1.54, 1.807) is 18.4 Å². The van der Waals surface area contributed by atoms with Crippen molar-refractivity contribution in [2.45, 2.75) is 6.54 Å². The summed E-state index contributed by atoms with van der Waals surface area (Å²) in [5.41, 5.74) is 1.38. The van der Waals surface area contributed by atoms with Gasteiger partial charge >= 0.3 is 5.69 Å². The van der Waals surface area contributed by atoms with Crippen LogP contribution in [0.4, 0.5) is 5.95 Å². The summed E-state index contributed by atoms with van der Waals surface area (Å²) in [4.78, 5) is 31.9. The number of rotatable bonds is 3. The average Bonchev–Trinajstić information content (AvgIpc) is 3.27. The van der Waals surface area contributed by atoms with Crippen molar-refractivity contribution in [2.75, 3.05) is 31.1 Å². The van der Waals surface area contributed by atoms with Crippen molar-refractivity contribution in [3.8, 4) is 0 Å². The number of imidazole rings is 1. The van der Waals surface area contributed by atoms with Crippen LogP contribution in [0.5, 0.6) is 0 Å². The monoisotopic (exact) mass is 360 g/mol. The fourth-order valence-electron chi connectivity index (χ4n) is 3.26. The summed E-state index contributed by atoms with van der Waals surface area (Å²) in [5.74, 6) is 0.751. The van der Waals surface area contributed by atoms with Crippen LogP contribution in [0.25, 0.3) is 11.2 Å². The molecule has 1 aliphatic rings. The second-order valence-electron chi connectivity index (χ2n) is 6.24. The number of aryl methyl sites for hydroxylation is 1. The Bertz CT molecular complexity index is 1020. The van der Waals surface area contributed by atoms with Gasteiger partial charge in [-0.3, -0.25) is 18.5 Å². The number of thiophene rings is 1. The van der Waals surface area contributed by atoms with Gasteiger partial charge in [0.15, 0.2) is 11.2 Å². The molecule has 1 fully saturated rings. The minimum Gasteiger partial charge on any atom is -0.340 e. The lowest BCUT2D eigenvalue weighted by molar-refractivity contribution is 0.571. The second-order valence-corrected chi connectivity index (χ2v) is 7.02. The maximum absolute atomic E-state index is 12.8. The van der Waals surface area contributed by atoms with Gasteiger partial charge in [0, 0.05) is 40.3 Å². The molecule has 0 unspecified atom stereocenters. The second kappa shape index (κ2) is 6.16. The van der Waals surface area contributed by atoms with Gasteiger partial charge in [0.05, 0.1) is 6.54 Å². The molecule has 0 amide bonds. The van der Waals surface area contributed by atoms with E-state index >= 15 is 0 Å². The van der Waals surface area contributed by atoms with Gasteiger partial charge in [-0.1, -0.05) is 0 Å². The zero-order valence-corrected chi connectivity index (χ0v) is 15.0. The van der Waals surface area contributed by atoms with E-state index in [-0.39, 0.29) is 11.2 Å². The standard InChI is InChI=1S/C16H20N6O2S/c1-19-13-12(14(23)20(2)16(19)24)22(9-11-3-8-25-10-11)15(18-13)21-6-4-17-5-7-21/h3,8,10,17H,4-7,9H2,1-2H3. The van der Waals surface area contributed by atoms with Gasteiger partial charge in [-0.2, -0.15) is 16.3 Å². The molecule has 4 heterocycles. The number of anilines is 1. The molecular weight excluding hydrogens is 340 g/mol. The first-order valence-electron chi connectivity index (χ1n) is 8.21. The molecule has 0 aliphatic carbocycles. The number of nitrogens with one attached hydrogen (secondary N) is 1. The molecule has 1 aliphatic heterocycles. The van der Waals surface area contributed by atoms with Crippen molar-refractivity contribution in [3.05, 3.63) is 43.2 Å². The van der Waals surface area contributed by atoms with Crippen LogP contribution < -0.4 is 21.5 Å². The minimum absolute atomic E-state index is 0.304. The van der Waals surface area contributed by atoms with Crippen molar-refractivity contribution in [3.63, 3.8) is 0 Å². The lowest BCUT2D eigenvalue weighted by Gasteiger charge is -2.28. The highest BCUT2D eigenvalue weighted by molar-refractivity contribution is 7.07. The Labute approximate surface area is 147 Å². The Morgan fingerprint density at radius 3 is 2.64 bits per heavy atom. The molecule has 0 radical (unpaired) electrons. The molecule has 0 spiro atoms. The van der Waals surface area contributed by atoms with Crippen molar-refractivity contribution in [1.82, 2.24) is 24.0 Å². The van der Waals surface area contributed by atoms with Crippen LogP contribution in [-0.2, 0) is 20.6 Å². The largest absolute Gasteiger partial charge is 0.340 e. The van der Waals surface area contributed by atoms with Gasteiger partial charge in [-0.25, -0.2) is 4.79 Å².